The number of hydrogen-bond acceptors (Lipinski definition) is 5. The molecule has 2 aromatic carbocycles. The first-order valence-electron chi connectivity index (χ1n) is 8.43. The van der Waals surface area contributed by atoms with Crippen LogP contribution >= 0.6 is 0 Å². The van der Waals surface area contributed by atoms with Crippen molar-refractivity contribution in [1.29, 1.82) is 0 Å². The standard InChI is InChI=1S/C19H17N3O4/c1-11-5-10-16(22(25)26)17-14-3-2-4-15(14)19(20-18(11)17)12-6-8-13(9-7-12)21(23)24/h2-3,5-10,14-15,19-20H,4H2,1H3/t14-,15+,19+/m1/s1. The van der Waals surface area contributed by atoms with Gasteiger partial charge in [-0.2, -0.15) is 0 Å². The molecule has 0 amide bonds. The molecule has 2 aliphatic rings. The fourth-order valence-electron chi connectivity index (χ4n) is 4.13. The van der Waals surface area contributed by atoms with Crippen molar-refractivity contribution >= 4 is 17.1 Å². The van der Waals surface area contributed by atoms with Gasteiger partial charge in [0.1, 0.15) is 0 Å². The van der Waals surface area contributed by atoms with Crippen LogP contribution in [0.2, 0.25) is 0 Å². The maximum absolute atomic E-state index is 11.5. The first-order chi connectivity index (χ1) is 12.5. The molecule has 7 heteroatoms. The minimum Gasteiger partial charge on any atom is -0.377 e. The monoisotopic (exact) mass is 351 g/mol. The van der Waals surface area contributed by atoms with Crippen molar-refractivity contribution in [3.63, 3.8) is 0 Å². The number of non-ortho nitro benzene ring substituents is 1. The maximum atomic E-state index is 11.5. The summed E-state index contributed by atoms with van der Waals surface area (Å²) in [5, 5.41) is 25.9. The number of anilines is 1. The summed E-state index contributed by atoms with van der Waals surface area (Å²) in [6, 6.07) is 9.82. The third-order valence-corrected chi connectivity index (χ3v) is 5.36. The van der Waals surface area contributed by atoms with Crippen LogP contribution in [0.5, 0.6) is 0 Å². The van der Waals surface area contributed by atoms with Crippen LogP contribution in [0.4, 0.5) is 17.1 Å². The molecule has 3 atom stereocenters. The predicted octanol–water partition coefficient (Wildman–Crippen LogP) is 4.64. The van der Waals surface area contributed by atoms with E-state index in [9.17, 15) is 20.2 Å². The number of fused-ring (bicyclic) bond motifs is 3. The molecule has 4 rings (SSSR count). The summed E-state index contributed by atoms with van der Waals surface area (Å²) >= 11 is 0. The Hall–Kier alpha value is -3.22. The van der Waals surface area contributed by atoms with Gasteiger partial charge in [0.2, 0.25) is 0 Å². The average molecular weight is 351 g/mol. The number of nitro groups is 2. The number of allylic oxidation sites excluding steroid dienone is 2. The van der Waals surface area contributed by atoms with Gasteiger partial charge in [0, 0.05) is 29.8 Å². The van der Waals surface area contributed by atoms with E-state index >= 15 is 0 Å². The summed E-state index contributed by atoms with van der Waals surface area (Å²) in [4.78, 5) is 21.7. The summed E-state index contributed by atoms with van der Waals surface area (Å²) in [6.07, 6.45) is 4.93. The van der Waals surface area contributed by atoms with Crippen LogP contribution < -0.4 is 5.32 Å². The molecule has 0 saturated heterocycles. The number of hydrogen-bond donors (Lipinski definition) is 1. The Morgan fingerprint density at radius 3 is 2.42 bits per heavy atom. The number of nitro benzene ring substituents is 2. The highest BCUT2D eigenvalue weighted by Gasteiger charge is 2.42. The lowest BCUT2D eigenvalue weighted by atomic mass is 9.75. The second kappa shape index (κ2) is 5.94. The van der Waals surface area contributed by atoms with Crippen molar-refractivity contribution in [3.8, 4) is 0 Å². The van der Waals surface area contributed by atoms with E-state index in [1.54, 1.807) is 24.3 Å². The summed E-state index contributed by atoms with van der Waals surface area (Å²) in [5.41, 5.74) is 3.64. The van der Waals surface area contributed by atoms with Crippen molar-refractivity contribution in [1.82, 2.24) is 0 Å². The van der Waals surface area contributed by atoms with Gasteiger partial charge >= 0.3 is 0 Å². The lowest BCUT2D eigenvalue weighted by molar-refractivity contribution is -0.385. The lowest BCUT2D eigenvalue weighted by Gasteiger charge is -2.37. The summed E-state index contributed by atoms with van der Waals surface area (Å²) in [6.45, 7) is 1.93. The normalized spacial score (nSPS) is 23.0. The van der Waals surface area contributed by atoms with E-state index in [1.165, 1.54) is 12.1 Å². The van der Waals surface area contributed by atoms with Crippen LogP contribution in [-0.4, -0.2) is 9.85 Å². The summed E-state index contributed by atoms with van der Waals surface area (Å²) < 4.78 is 0. The van der Waals surface area contributed by atoms with Crippen LogP contribution in [0.3, 0.4) is 0 Å². The number of benzene rings is 2. The smallest absolute Gasteiger partial charge is 0.275 e. The van der Waals surface area contributed by atoms with Crippen LogP contribution in [0.25, 0.3) is 0 Å². The largest absolute Gasteiger partial charge is 0.377 e. The Balaban J connectivity index is 1.81. The highest BCUT2D eigenvalue weighted by Crippen LogP contribution is 2.53. The minimum absolute atomic E-state index is 0.0354. The highest BCUT2D eigenvalue weighted by atomic mass is 16.6. The molecule has 2 aromatic rings. The molecule has 0 aromatic heterocycles. The van der Waals surface area contributed by atoms with Crippen LogP contribution in [0, 0.1) is 33.1 Å². The molecule has 26 heavy (non-hydrogen) atoms. The Labute approximate surface area is 149 Å². The third kappa shape index (κ3) is 2.44. The molecule has 132 valence electrons. The third-order valence-electron chi connectivity index (χ3n) is 5.36. The van der Waals surface area contributed by atoms with Gasteiger partial charge in [-0.05, 0) is 30.4 Å². The highest BCUT2D eigenvalue weighted by molar-refractivity contribution is 5.70. The van der Waals surface area contributed by atoms with Crippen LogP contribution in [-0.2, 0) is 0 Å². The van der Waals surface area contributed by atoms with Gasteiger partial charge in [0.05, 0.1) is 21.5 Å². The Morgan fingerprint density at radius 2 is 1.77 bits per heavy atom. The topological polar surface area (TPSA) is 98.3 Å². The van der Waals surface area contributed by atoms with Crippen molar-refractivity contribution < 1.29 is 9.85 Å². The van der Waals surface area contributed by atoms with E-state index in [0.29, 0.717) is 0 Å². The Bertz CT molecular complexity index is 937. The zero-order valence-corrected chi connectivity index (χ0v) is 14.1. The van der Waals surface area contributed by atoms with Gasteiger partial charge in [0.25, 0.3) is 11.4 Å². The first kappa shape index (κ1) is 16.3. The van der Waals surface area contributed by atoms with Gasteiger partial charge in [-0.15, -0.1) is 0 Å². The molecule has 0 unspecified atom stereocenters. The zero-order chi connectivity index (χ0) is 18.4. The minimum atomic E-state index is -0.416. The number of nitrogens with one attached hydrogen (secondary N) is 1. The lowest BCUT2D eigenvalue weighted by Crippen LogP contribution is -2.30. The average Bonchev–Trinajstić information content (AvgIpc) is 3.11. The molecule has 0 bridgehead atoms. The Morgan fingerprint density at radius 1 is 1.04 bits per heavy atom. The van der Waals surface area contributed by atoms with Gasteiger partial charge < -0.3 is 5.32 Å². The molecule has 0 saturated carbocycles. The second-order valence-electron chi connectivity index (χ2n) is 6.77. The molecule has 1 N–H and O–H groups in total. The van der Waals surface area contributed by atoms with Crippen molar-refractivity contribution in [3.05, 3.63) is 85.5 Å². The van der Waals surface area contributed by atoms with Crippen molar-refractivity contribution in [2.24, 2.45) is 5.92 Å². The van der Waals surface area contributed by atoms with Crippen LogP contribution in [0.15, 0.2) is 48.6 Å². The molecule has 0 spiro atoms. The SMILES string of the molecule is Cc1ccc([N+](=O)[O-])c2c1N[C@@H](c1ccc([N+](=O)[O-])cc1)[C@H]1CC=C[C@@H]21. The predicted molar refractivity (Wildman–Crippen MR) is 97.3 cm³/mol. The van der Waals surface area contributed by atoms with Gasteiger partial charge in [0.15, 0.2) is 0 Å². The molecule has 1 aliphatic heterocycles. The van der Waals surface area contributed by atoms with Crippen molar-refractivity contribution in [2.75, 3.05) is 5.32 Å². The maximum Gasteiger partial charge on any atom is 0.275 e. The molecule has 1 heterocycles. The van der Waals surface area contributed by atoms with E-state index in [2.05, 4.69) is 17.5 Å². The number of nitrogens with zero attached hydrogens (tertiary/aromatic N) is 2. The van der Waals surface area contributed by atoms with E-state index in [-0.39, 0.29) is 34.2 Å². The number of aryl methyl sites for hydroxylation is 1. The van der Waals surface area contributed by atoms with Gasteiger partial charge in [-0.25, -0.2) is 0 Å². The molecule has 0 fully saturated rings. The summed E-state index contributed by atoms with van der Waals surface area (Å²) in [7, 11) is 0. The molecular formula is C19H17N3O4. The quantitative estimate of drug-likeness (QED) is 0.493. The first-order valence-corrected chi connectivity index (χ1v) is 8.43. The van der Waals surface area contributed by atoms with E-state index in [4.69, 9.17) is 0 Å². The zero-order valence-electron chi connectivity index (χ0n) is 14.1. The van der Waals surface area contributed by atoms with Gasteiger partial charge in [-0.3, -0.25) is 20.2 Å². The Kier molecular flexibility index (Phi) is 3.72. The summed E-state index contributed by atoms with van der Waals surface area (Å²) in [5.74, 6) is 0.108. The fraction of sp³-hybridized carbons (Fsp3) is 0.263. The second-order valence-corrected chi connectivity index (χ2v) is 6.77. The van der Waals surface area contributed by atoms with E-state index < -0.39 is 4.92 Å². The van der Waals surface area contributed by atoms with Crippen LogP contribution in [0.1, 0.15) is 35.1 Å². The molecular weight excluding hydrogens is 334 g/mol. The van der Waals surface area contributed by atoms with Gasteiger partial charge in [-0.1, -0.05) is 30.4 Å². The fourth-order valence-corrected chi connectivity index (χ4v) is 4.13. The molecule has 7 nitrogen and oxygen atoms in total. The number of rotatable bonds is 3. The van der Waals surface area contributed by atoms with E-state index in [1.807, 2.05) is 6.92 Å². The van der Waals surface area contributed by atoms with E-state index in [0.717, 1.165) is 28.8 Å². The van der Waals surface area contributed by atoms with Crippen molar-refractivity contribution in [2.45, 2.75) is 25.3 Å². The molecule has 0 radical (unpaired) electrons. The molecule has 1 aliphatic carbocycles.